The zero-order valence-electron chi connectivity index (χ0n) is 12.8. The molecule has 0 spiro atoms. The van der Waals surface area contributed by atoms with Crippen LogP contribution in [0.1, 0.15) is 17.5 Å². The number of allylic oxidation sites excluding steroid dienone is 1. The van der Waals surface area contributed by atoms with Crippen molar-refractivity contribution < 1.29 is 0 Å². The van der Waals surface area contributed by atoms with Gasteiger partial charge >= 0.3 is 0 Å². The lowest BCUT2D eigenvalue weighted by Gasteiger charge is -2.19. The number of rotatable bonds is 0. The first-order valence-electron chi connectivity index (χ1n) is 8.15. The van der Waals surface area contributed by atoms with Gasteiger partial charge in [-0.05, 0) is 62.4 Å². The molecule has 2 N–H and O–H groups in total. The third-order valence-corrected chi connectivity index (χ3v) is 5.06. The summed E-state index contributed by atoms with van der Waals surface area (Å²) in [5.41, 5.74) is 9.96. The summed E-state index contributed by atoms with van der Waals surface area (Å²) in [6, 6.07) is 19.6. The summed E-state index contributed by atoms with van der Waals surface area (Å²) in [5, 5.41) is 7.84. The molecule has 4 aromatic carbocycles. The largest absolute Gasteiger partial charge is 0.398 e. The van der Waals surface area contributed by atoms with Gasteiger partial charge in [0.25, 0.3) is 0 Å². The van der Waals surface area contributed by atoms with Crippen molar-refractivity contribution in [2.45, 2.75) is 12.8 Å². The molecule has 1 aliphatic rings. The number of anilines is 1. The molecule has 0 aromatic heterocycles. The van der Waals surface area contributed by atoms with Crippen LogP contribution in [-0.2, 0) is 6.42 Å². The smallest absolute Gasteiger partial charge is 0.0359 e. The first kappa shape index (κ1) is 12.7. The van der Waals surface area contributed by atoms with Crippen LogP contribution < -0.4 is 5.73 Å². The molecule has 0 unspecified atom stereocenters. The Kier molecular flexibility index (Phi) is 2.54. The van der Waals surface area contributed by atoms with Gasteiger partial charge in [-0.3, -0.25) is 0 Å². The molecule has 0 amide bonds. The van der Waals surface area contributed by atoms with Gasteiger partial charge in [-0.1, -0.05) is 60.7 Å². The SMILES string of the molecule is Nc1cc2c3ccccc3c3ccccc3c2c2c1CCC=C2. The monoisotopic (exact) mass is 295 g/mol. The second-order valence-corrected chi connectivity index (χ2v) is 6.31. The highest BCUT2D eigenvalue weighted by atomic mass is 14.6. The second kappa shape index (κ2) is 4.60. The predicted molar refractivity (Wildman–Crippen MR) is 101 cm³/mol. The Morgan fingerprint density at radius 1 is 0.739 bits per heavy atom. The summed E-state index contributed by atoms with van der Waals surface area (Å²) in [6.07, 6.45) is 6.65. The molecule has 0 heterocycles. The van der Waals surface area contributed by atoms with Crippen molar-refractivity contribution in [3.05, 3.63) is 71.8 Å². The fourth-order valence-corrected chi connectivity index (χ4v) is 4.05. The van der Waals surface area contributed by atoms with Crippen molar-refractivity contribution in [3.63, 3.8) is 0 Å². The van der Waals surface area contributed by atoms with Crippen LogP contribution in [0.4, 0.5) is 5.69 Å². The van der Waals surface area contributed by atoms with Gasteiger partial charge in [0.15, 0.2) is 0 Å². The maximum absolute atomic E-state index is 6.41. The molecular formula is C22H17N. The lowest BCUT2D eigenvalue weighted by Crippen LogP contribution is -2.02. The van der Waals surface area contributed by atoms with Gasteiger partial charge in [-0.15, -0.1) is 0 Å². The lowest BCUT2D eigenvalue weighted by molar-refractivity contribution is 0.993. The molecule has 0 saturated carbocycles. The van der Waals surface area contributed by atoms with Crippen LogP contribution in [-0.4, -0.2) is 0 Å². The lowest BCUT2D eigenvalue weighted by atomic mass is 9.86. The normalized spacial score (nSPS) is 13.7. The molecule has 0 saturated heterocycles. The van der Waals surface area contributed by atoms with E-state index in [1.54, 1.807) is 0 Å². The van der Waals surface area contributed by atoms with Crippen molar-refractivity contribution in [3.8, 4) is 0 Å². The van der Waals surface area contributed by atoms with Crippen LogP contribution in [0, 0.1) is 0 Å². The average molecular weight is 295 g/mol. The molecule has 1 nitrogen and oxygen atoms in total. The van der Waals surface area contributed by atoms with Crippen LogP contribution in [0.2, 0.25) is 0 Å². The molecule has 110 valence electrons. The Morgan fingerprint density at radius 3 is 2.09 bits per heavy atom. The molecular weight excluding hydrogens is 278 g/mol. The summed E-state index contributed by atoms with van der Waals surface area (Å²) in [5.74, 6) is 0. The zero-order valence-corrected chi connectivity index (χ0v) is 12.8. The second-order valence-electron chi connectivity index (χ2n) is 6.31. The van der Waals surface area contributed by atoms with Crippen LogP contribution in [0.3, 0.4) is 0 Å². The summed E-state index contributed by atoms with van der Waals surface area (Å²) >= 11 is 0. The third kappa shape index (κ3) is 1.68. The molecule has 1 aliphatic carbocycles. The van der Waals surface area contributed by atoms with Gasteiger partial charge in [0.2, 0.25) is 0 Å². The van der Waals surface area contributed by atoms with E-state index in [0.717, 1.165) is 18.5 Å². The standard InChI is InChI=1S/C22H17N/c23-21-13-20-16-9-2-1-7-14(16)15-8-3-5-11-18(15)22(20)19-12-6-4-10-17(19)21/h1-3,5-9,11-13H,4,10,23H2. The Labute approximate surface area is 135 Å². The fourth-order valence-electron chi connectivity index (χ4n) is 4.05. The van der Waals surface area contributed by atoms with Crippen molar-refractivity contribution >= 4 is 44.1 Å². The number of benzene rings is 4. The maximum atomic E-state index is 6.41. The van der Waals surface area contributed by atoms with Crippen molar-refractivity contribution in [2.24, 2.45) is 0 Å². The highest BCUT2D eigenvalue weighted by Gasteiger charge is 2.16. The van der Waals surface area contributed by atoms with Gasteiger partial charge in [0.05, 0.1) is 0 Å². The number of fused-ring (bicyclic) bond motifs is 8. The van der Waals surface area contributed by atoms with Crippen molar-refractivity contribution in [2.75, 3.05) is 5.73 Å². The van der Waals surface area contributed by atoms with Gasteiger partial charge in [-0.25, -0.2) is 0 Å². The molecule has 1 heteroatoms. The number of hydrogen-bond donors (Lipinski definition) is 1. The molecule has 0 atom stereocenters. The first-order chi connectivity index (χ1) is 11.3. The molecule has 0 fully saturated rings. The molecule has 0 aliphatic heterocycles. The van der Waals surface area contributed by atoms with Crippen molar-refractivity contribution in [1.82, 2.24) is 0 Å². The average Bonchev–Trinajstić information content (AvgIpc) is 2.62. The van der Waals surface area contributed by atoms with Gasteiger partial charge < -0.3 is 5.73 Å². The first-order valence-corrected chi connectivity index (χ1v) is 8.15. The zero-order chi connectivity index (χ0) is 15.4. The van der Waals surface area contributed by atoms with Crippen LogP contribution in [0.25, 0.3) is 38.4 Å². The van der Waals surface area contributed by atoms with E-state index in [9.17, 15) is 0 Å². The van der Waals surface area contributed by atoms with E-state index in [2.05, 4.69) is 66.7 Å². The fraction of sp³-hybridized carbons (Fsp3) is 0.0909. The Balaban J connectivity index is 2.17. The highest BCUT2D eigenvalue weighted by Crippen LogP contribution is 2.41. The Bertz CT molecular complexity index is 1120. The van der Waals surface area contributed by atoms with E-state index < -0.39 is 0 Å². The number of nitrogen functional groups attached to an aromatic ring is 1. The van der Waals surface area contributed by atoms with Crippen LogP contribution in [0.5, 0.6) is 0 Å². The maximum Gasteiger partial charge on any atom is 0.0359 e. The Hall–Kier alpha value is -2.80. The van der Waals surface area contributed by atoms with E-state index in [1.165, 1.54) is 43.4 Å². The minimum Gasteiger partial charge on any atom is -0.398 e. The van der Waals surface area contributed by atoms with Gasteiger partial charge in [-0.2, -0.15) is 0 Å². The van der Waals surface area contributed by atoms with Gasteiger partial charge in [0, 0.05) is 5.69 Å². The summed E-state index contributed by atoms with van der Waals surface area (Å²) < 4.78 is 0. The molecule has 23 heavy (non-hydrogen) atoms. The highest BCUT2D eigenvalue weighted by molar-refractivity contribution is 6.27. The molecule has 0 radical (unpaired) electrons. The molecule has 5 rings (SSSR count). The van der Waals surface area contributed by atoms with Gasteiger partial charge in [0.1, 0.15) is 0 Å². The van der Waals surface area contributed by atoms with Crippen molar-refractivity contribution in [1.29, 1.82) is 0 Å². The minimum atomic E-state index is 0.928. The van der Waals surface area contributed by atoms with E-state index >= 15 is 0 Å². The van der Waals surface area contributed by atoms with E-state index in [1.807, 2.05) is 0 Å². The summed E-state index contributed by atoms with van der Waals surface area (Å²) in [4.78, 5) is 0. The van der Waals surface area contributed by atoms with E-state index in [4.69, 9.17) is 5.73 Å². The van der Waals surface area contributed by atoms with Crippen LogP contribution >= 0.6 is 0 Å². The Morgan fingerprint density at radius 2 is 1.35 bits per heavy atom. The number of hydrogen-bond acceptors (Lipinski definition) is 1. The summed E-state index contributed by atoms with van der Waals surface area (Å²) in [6.45, 7) is 0. The summed E-state index contributed by atoms with van der Waals surface area (Å²) in [7, 11) is 0. The molecule has 4 aromatic rings. The topological polar surface area (TPSA) is 26.0 Å². The predicted octanol–water partition coefficient (Wildman–Crippen LogP) is 5.69. The quantitative estimate of drug-likeness (QED) is 0.327. The minimum absolute atomic E-state index is 0.928. The van der Waals surface area contributed by atoms with Crippen LogP contribution in [0.15, 0.2) is 60.7 Å². The number of nitrogens with two attached hydrogens (primary N) is 1. The third-order valence-electron chi connectivity index (χ3n) is 5.06. The van der Waals surface area contributed by atoms with E-state index in [-0.39, 0.29) is 0 Å². The van der Waals surface area contributed by atoms with E-state index in [0.29, 0.717) is 0 Å². The molecule has 0 bridgehead atoms.